The van der Waals surface area contributed by atoms with Crippen LogP contribution in [0.2, 0.25) is 0 Å². The summed E-state index contributed by atoms with van der Waals surface area (Å²) in [4.78, 5) is 0. The zero-order valence-corrected chi connectivity index (χ0v) is 13.6. The number of hydrogen-bond donors (Lipinski definition) is 0. The van der Waals surface area contributed by atoms with Gasteiger partial charge >= 0.3 is 0 Å². The van der Waals surface area contributed by atoms with Crippen LogP contribution in [0.25, 0.3) is 21.5 Å². The van der Waals surface area contributed by atoms with Crippen LogP contribution in [-0.2, 0) is 12.8 Å². The lowest BCUT2D eigenvalue weighted by Gasteiger charge is -2.13. The fourth-order valence-corrected chi connectivity index (χ4v) is 3.26. The summed E-state index contributed by atoms with van der Waals surface area (Å²) in [6.45, 7) is 3.76. The van der Waals surface area contributed by atoms with Gasteiger partial charge in [0.05, 0.1) is 10.8 Å². The van der Waals surface area contributed by atoms with Gasteiger partial charge in [-0.2, -0.15) is 0 Å². The van der Waals surface area contributed by atoms with Crippen molar-refractivity contribution in [2.45, 2.75) is 39.5 Å². The highest BCUT2D eigenvalue weighted by Crippen LogP contribution is 2.36. The molecule has 0 aliphatic heterocycles. The van der Waals surface area contributed by atoms with E-state index in [1.807, 2.05) is 13.8 Å². The molecule has 0 bridgehead atoms. The molecule has 0 radical (unpaired) electrons. The zero-order valence-electron chi connectivity index (χ0n) is 13.6. The van der Waals surface area contributed by atoms with Gasteiger partial charge in [0, 0.05) is 0 Å². The van der Waals surface area contributed by atoms with E-state index in [1.165, 1.54) is 0 Å². The van der Waals surface area contributed by atoms with Gasteiger partial charge in [0.15, 0.2) is 11.6 Å². The summed E-state index contributed by atoms with van der Waals surface area (Å²) in [5.74, 6) is -4.16. The Hall–Kier alpha value is -2.10. The normalized spacial score (nSPS) is 11.6. The van der Waals surface area contributed by atoms with Crippen molar-refractivity contribution in [3.63, 3.8) is 0 Å². The first-order chi connectivity index (χ1) is 11.5. The summed E-state index contributed by atoms with van der Waals surface area (Å²) < 4.78 is 58.3. The highest BCUT2D eigenvalue weighted by molar-refractivity contribution is 6.08. The predicted molar refractivity (Wildman–Crippen MR) is 89.3 cm³/mol. The second-order valence-electron chi connectivity index (χ2n) is 6.05. The molecular weight excluding hydrogens is 316 g/mol. The van der Waals surface area contributed by atoms with Crippen LogP contribution in [0.4, 0.5) is 17.6 Å². The van der Waals surface area contributed by atoms with E-state index < -0.39 is 34.0 Å². The minimum atomic E-state index is -1.32. The number of aryl methyl sites for hydroxylation is 2. The van der Waals surface area contributed by atoms with Crippen LogP contribution in [0.15, 0.2) is 24.3 Å². The topological polar surface area (TPSA) is 0 Å². The molecule has 126 valence electrons. The average molecular weight is 334 g/mol. The summed E-state index contributed by atoms with van der Waals surface area (Å²) in [5.41, 5.74) is 0.677. The lowest BCUT2D eigenvalue weighted by atomic mass is 9.95. The average Bonchev–Trinajstić information content (AvgIpc) is 2.56. The van der Waals surface area contributed by atoms with Gasteiger partial charge in [0.25, 0.3) is 0 Å². The maximum atomic E-state index is 14.6. The third-order valence-electron chi connectivity index (χ3n) is 4.40. The van der Waals surface area contributed by atoms with Crippen LogP contribution in [-0.4, -0.2) is 0 Å². The van der Waals surface area contributed by atoms with Gasteiger partial charge in [-0.25, -0.2) is 17.6 Å². The molecule has 0 N–H and O–H groups in total. The van der Waals surface area contributed by atoms with Crippen LogP contribution < -0.4 is 0 Å². The molecule has 3 aromatic rings. The minimum Gasteiger partial charge on any atom is -0.206 e. The highest BCUT2D eigenvalue weighted by Gasteiger charge is 2.22. The largest absolute Gasteiger partial charge is 0.206 e. The monoisotopic (exact) mass is 334 g/mol. The number of fused-ring (bicyclic) bond motifs is 3. The van der Waals surface area contributed by atoms with Crippen molar-refractivity contribution in [1.29, 1.82) is 0 Å². The first kappa shape index (κ1) is 16.7. The van der Waals surface area contributed by atoms with E-state index in [4.69, 9.17) is 0 Å². The van der Waals surface area contributed by atoms with Crippen molar-refractivity contribution in [3.8, 4) is 0 Å². The van der Waals surface area contributed by atoms with E-state index in [0.29, 0.717) is 36.8 Å². The molecule has 0 nitrogen and oxygen atoms in total. The lowest BCUT2D eigenvalue weighted by molar-refractivity contribution is 0.512. The molecule has 0 atom stereocenters. The van der Waals surface area contributed by atoms with E-state index in [-0.39, 0.29) is 10.8 Å². The Labute approximate surface area is 138 Å². The predicted octanol–water partition coefficient (Wildman–Crippen LogP) is 6.45. The van der Waals surface area contributed by atoms with Crippen molar-refractivity contribution >= 4 is 21.5 Å². The first-order valence-electron chi connectivity index (χ1n) is 8.20. The Balaban J connectivity index is 2.44. The molecule has 0 aromatic heterocycles. The Morgan fingerprint density at radius 1 is 0.583 bits per heavy atom. The van der Waals surface area contributed by atoms with Gasteiger partial charge in [0.2, 0.25) is 0 Å². The fraction of sp³-hybridized carbons (Fsp3) is 0.300. The van der Waals surface area contributed by atoms with Crippen molar-refractivity contribution < 1.29 is 17.6 Å². The van der Waals surface area contributed by atoms with Crippen LogP contribution >= 0.6 is 0 Å². The van der Waals surface area contributed by atoms with Crippen molar-refractivity contribution in [1.82, 2.24) is 0 Å². The molecule has 0 saturated heterocycles. The molecule has 0 saturated carbocycles. The standard InChI is InChI=1S/C20H18F4/c1-3-5-11-7-9-13-14-10-8-12(6-4-2)18(22)16(14)20(24)19(23)15(13)17(11)21/h7-10H,3-6H2,1-2H3. The van der Waals surface area contributed by atoms with Gasteiger partial charge in [0.1, 0.15) is 11.6 Å². The maximum Gasteiger partial charge on any atom is 0.170 e. The number of benzene rings is 3. The van der Waals surface area contributed by atoms with E-state index in [2.05, 4.69) is 0 Å². The molecule has 4 heteroatoms. The summed E-state index contributed by atoms with van der Waals surface area (Å²) >= 11 is 0. The van der Waals surface area contributed by atoms with Crippen molar-refractivity contribution in [2.75, 3.05) is 0 Å². The number of rotatable bonds is 4. The second kappa shape index (κ2) is 6.42. The molecule has 0 amide bonds. The minimum absolute atomic E-state index is 0.197. The molecule has 3 aromatic carbocycles. The Morgan fingerprint density at radius 3 is 1.29 bits per heavy atom. The van der Waals surface area contributed by atoms with Crippen LogP contribution in [0.3, 0.4) is 0 Å². The molecule has 0 aliphatic rings. The fourth-order valence-electron chi connectivity index (χ4n) is 3.26. The van der Waals surface area contributed by atoms with E-state index >= 15 is 0 Å². The van der Waals surface area contributed by atoms with Gasteiger partial charge in [-0.15, -0.1) is 0 Å². The van der Waals surface area contributed by atoms with Gasteiger partial charge < -0.3 is 0 Å². The summed E-state index contributed by atoms with van der Waals surface area (Å²) in [5, 5.41) is -0.395. The molecule has 3 rings (SSSR count). The molecule has 0 unspecified atom stereocenters. The molecule has 0 fully saturated rings. The molecular formula is C20H18F4. The smallest absolute Gasteiger partial charge is 0.170 e. The lowest BCUT2D eigenvalue weighted by Crippen LogP contribution is -2.00. The summed E-state index contributed by atoms with van der Waals surface area (Å²) in [6, 6.07) is 6.23. The molecule has 0 aliphatic carbocycles. The summed E-state index contributed by atoms with van der Waals surface area (Å²) in [7, 11) is 0. The molecule has 24 heavy (non-hydrogen) atoms. The Morgan fingerprint density at radius 2 is 0.958 bits per heavy atom. The molecule has 0 spiro atoms. The zero-order chi connectivity index (χ0) is 17.4. The van der Waals surface area contributed by atoms with E-state index in [0.717, 1.165) is 0 Å². The van der Waals surface area contributed by atoms with Crippen LogP contribution in [0, 0.1) is 23.3 Å². The quantitative estimate of drug-likeness (QED) is 0.380. The van der Waals surface area contributed by atoms with Gasteiger partial charge in [-0.3, -0.25) is 0 Å². The third kappa shape index (κ3) is 2.45. The SMILES string of the molecule is CCCc1ccc2c(c1F)c(F)c(F)c1c(F)c(CCC)ccc12. The van der Waals surface area contributed by atoms with E-state index in [9.17, 15) is 17.6 Å². The maximum absolute atomic E-state index is 14.6. The van der Waals surface area contributed by atoms with Gasteiger partial charge in [-0.1, -0.05) is 51.0 Å². The second-order valence-corrected chi connectivity index (χ2v) is 6.05. The highest BCUT2D eigenvalue weighted by atomic mass is 19.2. The number of halogens is 4. The Bertz CT molecular complexity index is 852. The Kier molecular flexibility index (Phi) is 4.48. The van der Waals surface area contributed by atoms with Crippen molar-refractivity contribution in [2.24, 2.45) is 0 Å². The third-order valence-corrected chi connectivity index (χ3v) is 4.40. The number of hydrogen-bond acceptors (Lipinski definition) is 0. The molecule has 0 heterocycles. The summed E-state index contributed by atoms with van der Waals surface area (Å²) in [6.07, 6.45) is 2.25. The van der Waals surface area contributed by atoms with Crippen LogP contribution in [0.5, 0.6) is 0 Å². The van der Waals surface area contributed by atoms with Crippen molar-refractivity contribution in [3.05, 3.63) is 58.7 Å². The first-order valence-corrected chi connectivity index (χ1v) is 8.20. The van der Waals surface area contributed by atoms with Crippen LogP contribution in [0.1, 0.15) is 37.8 Å². The van der Waals surface area contributed by atoms with Gasteiger partial charge in [-0.05, 0) is 34.7 Å². The van der Waals surface area contributed by atoms with E-state index in [1.54, 1.807) is 24.3 Å².